The summed E-state index contributed by atoms with van der Waals surface area (Å²) in [5, 5.41) is 7.65. The van der Waals surface area contributed by atoms with Crippen LogP contribution in [0.15, 0.2) is 47.0 Å². The van der Waals surface area contributed by atoms with Crippen LogP contribution in [0.3, 0.4) is 0 Å². The largest absolute Gasteiger partial charge is 0.352 e. The van der Waals surface area contributed by atoms with Gasteiger partial charge in [0.2, 0.25) is 5.91 Å². The molecule has 1 amide bonds. The van der Waals surface area contributed by atoms with E-state index in [1.165, 1.54) is 5.39 Å². The standard InChI is InChI=1S/C29H35N5O2/c1-4-5-6-11-25(35)33-14-16-34(17-15-33)28-26-27(23-13-12-21-9-7-8-10-22(21)19-23)32-36-29(26)31-24(30-28)18-20(2)3/h7-10,12-13,19-20H,4-6,11,14-18H2,1-3H3. The van der Waals surface area contributed by atoms with Gasteiger partial charge in [-0.05, 0) is 29.2 Å². The van der Waals surface area contributed by atoms with Crippen molar-refractivity contribution in [2.24, 2.45) is 5.92 Å². The Morgan fingerprint density at radius 2 is 1.78 bits per heavy atom. The number of unbranched alkanes of at least 4 members (excludes halogenated alkanes) is 2. The molecule has 36 heavy (non-hydrogen) atoms. The number of piperazine rings is 1. The molecule has 5 rings (SSSR count). The zero-order chi connectivity index (χ0) is 25.1. The summed E-state index contributed by atoms with van der Waals surface area (Å²) in [5.41, 5.74) is 2.27. The van der Waals surface area contributed by atoms with Gasteiger partial charge in [0.25, 0.3) is 5.71 Å². The van der Waals surface area contributed by atoms with Gasteiger partial charge in [0.1, 0.15) is 22.7 Å². The number of aromatic nitrogens is 3. The van der Waals surface area contributed by atoms with Gasteiger partial charge in [-0.15, -0.1) is 0 Å². The lowest BCUT2D eigenvalue weighted by molar-refractivity contribution is -0.131. The van der Waals surface area contributed by atoms with E-state index in [-0.39, 0.29) is 5.91 Å². The van der Waals surface area contributed by atoms with Crippen LogP contribution in [0, 0.1) is 5.92 Å². The first-order valence-electron chi connectivity index (χ1n) is 13.2. The van der Waals surface area contributed by atoms with Gasteiger partial charge in [0.05, 0.1) is 0 Å². The molecule has 0 saturated carbocycles. The van der Waals surface area contributed by atoms with E-state index in [2.05, 4.69) is 61.2 Å². The molecule has 1 fully saturated rings. The summed E-state index contributed by atoms with van der Waals surface area (Å²) in [6.45, 7) is 9.35. The molecule has 0 N–H and O–H groups in total. The molecule has 7 heteroatoms. The Bertz CT molecular complexity index is 1350. The van der Waals surface area contributed by atoms with Crippen LogP contribution in [-0.2, 0) is 11.2 Å². The highest BCUT2D eigenvalue weighted by Crippen LogP contribution is 2.35. The maximum atomic E-state index is 12.7. The summed E-state index contributed by atoms with van der Waals surface area (Å²) in [4.78, 5) is 26.7. The number of carbonyl (C=O) groups is 1. The molecule has 0 unspecified atom stereocenters. The van der Waals surface area contributed by atoms with Gasteiger partial charge >= 0.3 is 0 Å². The first kappa shape index (κ1) is 24.2. The van der Waals surface area contributed by atoms with E-state index in [0.717, 1.165) is 72.4 Å². The Morgan fingerprint density at radius 1 is 1.00 bits per heavy atom. The summed E-state index contributed by atoms with van der Waals surface area (Å²) in [6.07, 6.45) is 4.61. The number of carbonyl (C=O) groups excluding carboxylic acids is 1. The second-order valence-electron chi connectivity index (χ2n) is 10.2. The lowest BCUT2D eigenvalue weighted by atomic mass is 10.0. The van der Waals surface area contributed by atoms with Gasteiger partial charge in [-0.2, -0.15) is 4.98 Å². The topological polar surface area (TPSA) is 75.4 Å². The van der Waals surface area contributed by atoms with E-state index in [1.807, 2.05) is 17.0 Å². The van der Waals surface area contributed by atoms with Crippen LogP contribution in [0.25, 0.3) is 33.1 Å². The third kappa shape index (κ3) is 5.06. The average Bonchev–Trinajstić information content (AvgIpc) is 3.32. The van der Waals surface area contributed by atoms with Crippen LogP contribution in [0.4, 0.5) is 5.82 Å². The number of hydrogen-bond acceptors (Lipinski definition) is 6. The minimum Gasteiger partial charge on any atom is -0.352 e. The minimum absolute atomic E-state index is 0.262. The highest BCUT2D eigenvalue weighted by Gasteiger charge is 2.27. The monoisotopic (exact) mass is 485 g/mol. The number of amides is 1. The first-order valence-corrected chi connectivity index (χ1v) is 13.2. The fourth-order valence-electron chi connectivity index (χ4n) is 4.95. The van der Waals surface area contributed by atoms with Crippen molar-refractivity contribution in [2.45, 2.75) is 52.9 Å². The molecular weight excluding hydrogens is 450 g/mol. The number of hydrogen-bond donors (Lipinski definition) is 0. The fraction of sp³-hybridized carbons (Fsp3) is 0.448. The molecule has 7 nitrogen and oxygen atoms in total. The summed E-state index contributed by atoms with van der Waals surface area (Å²) in [6, 6.07) is 14.6. The van der Waals surface area contributed by atoms with Crippen molar-refractivity contribution in [3.05, 3.63) is 48.3 Å². The summed E-state index contributed by atoms with van der Waals surface area (Å²) in [5.74, 6) is 2.32. The molecule has 2 aromatic carbocycles. The summed E-state index contributed by atoms with van der Waals surface area (Å²) >= 11 is 0. The van der Waals surface area contributed by atoms with E-state index in [9.17, 15) is 4.79 Å². The highest BCUT2D eigenvalue weighted by atomic mass is 16.5. The third-order valence-electron chi connectivity index (χ3n) is 6.90. The number of fused-ring (bicyclic) bond motifs is 2. The quantitative estimate of drug-likeness (QED) is 0.291. The molecule has 0 spiro atoms. The molecule has 0 aliphatic carbocycles. The Labute approximate surface area is 212 Å². The van der Waals surface area contributed by atoms with Crippen LogP contribution >= 0.6 is 0 Å². The molecule has 1 aliphatic heterocycles. The zero-order valence-corrected chi connectivity index (χ0v) is 21.5. The van der Waals surface area contributed by atoms with Crippen LogP contribution in [0.1, 0.15) is 52.3 Å². The molecule has 1 aliphatic rings. The molecule has 0 bridgehead atoms. The van der Waals surface area contributed by atoms with Gasteiger partial charge in [-0.3, -0.25) is 4.79 Å². The third-order valence-corrected chi connectivity index (χ3v) is 6.90. The number of benzene rings is 2. The van der Waals surface area contributed by atoms with Gasteiger partial charge in [0.15, 0.2) is 0 Å². The number of nitrogens with zero attached hydrogens (tertiary/aromatic N) is 5. The second kappa shape index (κ2) is 10.6. The van der Waals surface area contributed by atoms with Gasteiger partial charge in [-0.1, -0.05) is 75.2 Å². The lowest BCUT2D eigenvalue weighted by Gasteiger charge is -2.35. The Morgan fingerprint density at radius 3 is 2.53 bits per heavy atom. The van der Waals surface area contributed by atoms with Crippen molar-refractivity contribution in [1.82, 2.24) is 20.0 Å². The van der Waals surface area contributed by atoms with Crippen molar-refractivity contribution in [1.29, 1.82) is 0 Å². The van der Waals surface area contributed by atoms with Crippen molar-refractivity contribution < 1.29 is 9.32 Å². The van der Waals surface area contributed by atoms with E-state index >= 15 is 0 Å². The van der Waals surface area contributed by atoms with Crippen molar-refractivity contribution in [3.8, 4) is 11.3 Å². The molecule has 0 radical (unpaired) electrons. The average molecular weight is 486 g/mol. The molecule has 188 valence electrons. The van der Waals surface area contributed by atoms with Crippen molar-refractivity contribution >= 4 is 33.6 Å². The van der Waals surface area contributed by atoms with Crippen molar-refractivity contribution in [2.75, 3.05) is 31.1 Å². The zero-order valence-electron chi connectivity index (χ0n) is 21.5. The van der Waals surface area contributed by atoms with Gasteiger partial charge in [-0.25, -0.2) is 4.98 Å². The highest BCUT2D eigenvalue weighted by molar-refractivity contribution is 6.00. The number of anilines is 1. The van der Waals surface area contributed by atoms with E-state index in [1.54, 1.807) is 0 Å². The maximum Gasteiger partial charge on any atom is 0.263 e. The van der Waals surface area contributed by atoms with E-state index < -0.39 is 0 Å². The van der Waals surface area contributed by atoms with E-state index in [0.29, 0.717) is 31.1 Å². The molecule has 0 atom stereocenters. The van der Waals surface area contributed by atoms with Crippen molar-refractivity contribution in [3.63, 3.8) is 0 Å². The SMILES string of the molecule is CCCCCC(=O)N1CCN(c2nc(CC(C)C)nc3onc(-c4ccc5ccccc5c4)c23)CC1. The minimum atomic E-state index is 0.262. The predicted octanol–water partition coefficient (Wildman–Crippen LogP) is 5.87. The van der Waals surface area contributed by atoms with Gasteiger partial charge in [0, 0.05) is 44.6 Å². The molecule has 1 saturated heterocycles. The Kier molecular flexibility index (Phi) is 7.16. The molecule has 4 aromatic rings. The fourth-order valence-corrected chi connectivity index (χ4v) is 4.95. The normalized spacial score (nSPS) is 14.3. The smallest absolute Gasteiger partial charge is 0.263 e. The van der Waals surface area contributed by atoms with Gasteiger partial charge < -0.3 is 14.3 Å². The molecule has 2 aromatic heterocycles. The summed E-state index contributed by atoms with van der Waals surface area (Å²) < 4.78 is 5.79. The van der Waals surface area contributed by atoms with Crippen LogP contribution in [0.5, 0.6) is 0 Å². The molecule has 3 heterocycles. The van der Waals surface area contributed by atoms with Crippen LogP contribution in [-0.4, -0.2) is 52.1 Å². The summed E-state index contributed by atoms with van der Waals surface area (Å²) in [7, 11) is 0. The van der Waals surface area contributed by atoms with Crippen LogP contribution < -0.4 is 4.90 Å². The van der Waals surface area contributed by atoms with Crippen LogP contribution in [0.2, 0.25) is 0 Å². The maximum absolute atomic E-state index is 12.7. The Balaban J connectivity index is 1.48. The van der Waals surface area contributed by atoms with E-state index in [4.69, 9.17) is 14.5 Å². The molecular formula is C29H35N5O2. The lowest BCUT2D eigenvalue weighted by Crippen LogP contribution is -2.49. The predicted molar refractivity (Wildman–Crippen MR) is 144 cm³/mol. The number of rotatable bonds is 8. The first-order chi connectivity index (χ1) is 17.5. The second-order valence-corrected chi connectivity index (χ2v) is 10.2. The Hall–Kier alpha value is -3.48.